The Hall–Kier alpha value is -4.64. The first-order valence-corrected chi connectivity index (χ1v) is 19.0. The predicted molar refractivity (Wildman–Crippen MR) is 213 cm³/mol. The Morgan fingerprint density at radius 3 is 2.43 bits per heavy atom. The second-order valence-corrected chi connectivity index (χ2v) is 16.3. The first kappa shape index (κ1) is 34.8. The number of nitrogens with zero attached hydrogens (tertiary/aromatic N) is 4. The lowest BCUT2D eigenvalue weighted by Crippen LogP contribution is -2.18. The van der Waals surface area contributed by atoms with Crippen LogP contribution in [0.25, 0.3) is 33.3 Å². The highest BCUT2D eigenvalue weighted by Gasteiger charge is 2.31. The van der Waals surface area contributed by atoms with Crippen molar-refractivity contribution >= 4 is 21.8 Å². The molecule has 7 rings (SSSR count). The number of fused-ring (bicyclic) bond motifs is 3. The van der Waals surface area contributed by atoms with E-state index in [9.17, 15) is 0 Å². The summed E-state index contributed by atoms with van der Waals surface area (Å²) in [5.41, 5.74) is 11.1. The van der Waals surface area contributed by atoms with Crippen LogP contribution >= 0.6 is 0 Å². The van der Waals surface area contributed by atoms with Crippen molar-refractivity contribution in [1.82, 2.24) is 19.3 Å². The molecular formula is C46H54N4O. The van der Waals surface area contributed by atoms with Crippen molar-refractivity contribution in [2.75, 3.05) is 0 Å². The Balaban J connectivity index is 1.36. The third-order valence-electron chi connectivity index (χ3n) is 10.7. The van der Waals surface area contributed by atoms with Crippen molar-refractivity contribution in [3.63, 3.8) is 0 Å². The Morgan fingerprint density at radius 2 is 1.69 bits per heavy atom. The molecule has 0 radical (unpaired) electrons. The highest BCUT2D eigenvalue weighted by atomic mass is 16.5. The molecule has 0 aliphatic heterocycles. The van der Waals surface area contributed by atoms with Crippen molar-refractivity contribution in [2.24, 2.45) is 11.8 Å². The van der Waals surface area contributed by atoms with E-state index in [0.717, 1.165) is 59.0 Å². The maximum atomic E-state index is 6.86. The lowest BCUT2D eigenvalue weighted by atomic mass is 9.74. The van der Waals surface area contributed by atoms with Crippen LogP contribution in [0.5, 0.6) is 11.5 Å². The van der Waals surface area contributed by atoms with Crippen LogP contribution in [0.15, 0.2) is 90.6 Å². The van der Waals surface area contributed by atoms with Gasteiger partial charge >= 0.3 is 0 Å². The van der Waals surface area contributed by atoms with E-state index >= 15 is 0 Å². The molecule has 51 heavy (non-hydrogen) atoms. The standard InChI is InChI=1S/C46H54N4O/c1-10-14-33-21-22-47-43(24-33)49-40-18-12-11-17-38(40)39-20-19-36(28-41(39)49)51-37-26-34(46(7,8)9)25-35(27-37)50-42(23-29(2)3)45(32(6)48-50)44-30(4)15-13-16-31(44)5/h11-12,15,17-22,24-29,31,44H,10,13-14,16,23H2,1-9H3/t31-,44?/m0/s1. The molecule has 1 aliphatic carbocycles. The van der Waals surface area contributed by atoms with Gasteiger partial charge in [-0.2, -0.15) is 5.10 Å². The smallest absolute Gasteiger partial charge is 0.137 e. The average molecular weight is 679 g/mol. The van der Waals surface area contributed by atoms with Gasteiger partial charge in [-0.15, -0.1) is 0 Å². The zero-order valence-electron chi connectivity index (χ0n) is 32.0. The molecule has 5 heteroatoms. The number of pyridine rings is 1. The monoisotopic (exact) mass is 678 g/mol. The van der Waals surface area contributed by atoms with Crippen molar-refractivity contribution in [3.05, 3.63) is 119 Å². The molecule has 3 aromatic carbocycles. The van der Waals surface area contributed by atoms with Crippen molar-refractivity contribution in [1.29, 1.82) is 0 Å². The van der Waals surface area contributed by atoms with Crippen LogP contribution in [-0.4, -0.2) is 19.3 Å². The summed E-state index contributed by atoms with van der Waals surface area (Å²) in [5, 5.41) is 7.69. The van der Waals surface area contributed by atoms with Crippen molar-refractivity contribution < 1.29 is 4.74 Å². The van der Waals surface area contributed by atoms with Gasteiger partial charge in [-0.3, -0.25) is 4.57 Å². The van der Waals surface area contributed by atoms with E-state index < -0.39 is 0 Å². The van der Waals surface area contributed by atoms with E-state index in [-0.39, 0.29) is 5.41 Å². The zero-order chi connectivity index (χ0) is 36.0. The summed E-state index contributed by atoms with van der Waals surface area (Å²) in [5.74, 6) is 4.03. The maximum Gasteiger partial charge on any atom is 0.137 e. The van der Waals surface area contributed by atoms with Crippen LogP contribution in [-0.2, 0) is 18.3 Å². The topological polar surface area (TPSA) is 44.9 Å². The highest BCUT2D eigenvalue weighted by molar-refractivity contribution is 6.09. The van der Waals surface area contributed by atoms with Crippen LogP contribution in [0.3, 0.4) is 0 Å². The fraction of sp³-hybridized carbons (Fsp3) is 0.391. The number of benzene rings is 3. The first-order valence-electron chi connectivity index (χ1n) is 19.0. The molecule has 1 unspecified atom stereocenters. The number of hydrogen-bond donors (Lipinski definition) is 0. The fourth-order valence-corrected chi connectivity index (χ4v) is 8.24. The number of para-hydroxylation sites is 1. The third kappa shape index (κ3) is 6.76. The predicted octanol–water partition coefficient (Wildman–Crippen LogP) is 12.4. The molecule has 3 aromatic heterocycles. The molecule has 264 valence electrons. The summed E-state index contributed by atoms with van der Waals surface area (Å²) in [7, 11) is 0. The number of hydrogen-bond acceptors (Lipinski definition) is 3. The summed E-state index contributed by atoms with van der Waals surface area (Å²) in [6.07, 6.45) is 9.85. The van der Waals surface area contributed by atoms with Gasteiger partial charge in [0.15, 0.2) is 0 Å². The largest absolute Gasteiger partial charge is 0.457 e. The van der Waals surface area contributed by atoms with Crippen molar-refractivity contribution in [3.8, 4) is 23.0 Å². The Labute approximate surface area is 304 Å². The molecule has 0 amide bonds. The molecule has 0 bridgehead atoms. The second-order valence-electron chi connectivity index (χ2n) is 16.3. The van der Waals surface area contributed by atoms with E-state index in [1.807, 2.05) is 6.20 Å². The van der Waals surface area contributed by atoms with Gasteiger partial charge in [0.25, 0.3) is 0 Å². The molecule has 1 aliphatic rings. The van der Waals surface area contributed by atoms with Crippen LogP contribution < -0.4 is 4.74 Å². The van der Waals surface area contributed by atoms with E-state index in [0.29, 0.717) is 17.8 Å². The van der Waals surface area contributed by atoms with Gasteiger partial charge in [0.1, 0.15) is 17.3 Å². The van der Waals surface area contributed by atoms with Gasteiger partial charge in [-0.25, -0.2) is 9.67 Å². The minimum Gasteiger partial charge on any atom is -0.457 e. The summed E-state index contributed by atoms with van der Waals surface area (Å²) in [6.45, 7) is 20.6. The van der Waals surface area contributed by atoms with Gasteiger partial charge < -0.3 is 4.74 Å². The normalized spacial score (nSPS) is 16.7. The molecular weight excluding hydrogens is 625 g/mol. The Morgan fingerprint density at radius 1 is 0.902 bits per heavy atom. The van der Waals surface area contributed by atoms with Crippen LogP contribution in [0.4, 0.5) is 0 Å². The number of rotatable bonds is 9. The van der Waals surface area contributed by atoms with Crippen molar-refractivity contribution in [2.45, 2.75) is 106 Å². The zero-order valence-corrected chi connectivity index (χ0v) is 32.0. The first-order chi connectivity index (χ1) is 24.4. The number of aryl methyl sites for hydroxylation is 2. The quantitative estimate of drug-likeness (QED) is 0.143. The number of ether oxygens (including phenoxy) is 1. The third-order valence-corrected chi connectivity index (χ3v) is 10.7. The lowest BCUT2D eigenvalue weighted by molar-refractivity contribution is 0.444. The molecule has 0 N–H and O–H groups in total. The Kier molecular flexibility index (Phi) is 9.43. The molecule has 3 heterocycles. The summed E-state index contributed by atoms with van der Waals surface area (Å²) in [6, 6.07) is 26.1. The minimum absolute atomic E-state index is 0.0832. The molecule has 0 saturated carbocycles. The summed E-state index contributed by atoms with van der Waals surface area (Å²) >= 11 is 0. The molecule has 0 spiro atoms. The highest BCUT2D eigenvalue weighted by Crippen LogP contribution is 2.43. The van der Waals surface area contributed by atoms with E-state index in [4.69, 9.17) is 14.8 Å². The van der Waals surface area contributed by atoms with Gasteiger partial charge in [-0.05, 0) is 110 Å². The maximum absolute atomic E-state index is 6.86. The number of allylic oxidation sites excluding steroid dienone is 2. The molecule has 0 saturated heterocycles. The molecule has 6 aromatic rings. The minimum atomic E-state index is -0.0832. The molecule has 0 fully saturated rings. The second kappa shape index (κ2) is 13.8. The van der Waals surface area contributed by atoms with Gasteiger partial charge in [0, 0.05) is 46.3 Å². The van der Waals surface area contributed by atoms with Gasteiger partial charge in [-0.1, -0.05) is 84.7 Å². The lowest BCUT2D eigenvalue weighted by Gasteiger charge is -2.30. The van der Waals surface area contributed by atoms with E-state index in [1.165, 1.54) is 51.6 Å². The van der Waals surface area contributed by atoms with Crippen LogP contribution in [0.1, 0.15) is 109 Å². The SMILES string of the molecule is CCCc1ccnc(-n2c3ccccc3c3ccc(Oc4cc(-n5nc(C)c(C6C(C)=CCC[C@@H]6C)c5CC(C)C)cc(C(C)(C)C)c4)cc32)c1. The van der Waals surface area contributed by atoms with Gasteiger partial charge in [0.2, 0.25) is 0 Å². The summed E-state index contributed by atoms with van der Waals surface area (Å²) in [4.78, 5) is 4.85. The average Bonchev–Trinajstić information content (AvgIpc) is 3.58. The molecule has 5 nitrogen and oxygen atoms in total. The van der Waals surface area contributed by atoms with E-state index in [1.54, 1.807) is 0 Å². The van der Waals surface area contributed by atoms with Crippen LogP contribution in [0, 0.1) is 18.8 Å². The van der Waals surface area contributed by atoms with E-state index in [2.05, 4.69) is 150 Å². The van der Waals surface area contributed by atoms with Crippen LogP contribution in [0.2, 0.25) is 0 Å². The number of aromatic nitrogens is 4. The fourth-order valence-electron chi connectivity index (χ4n) is 8.24. The summed E-state index contributed by atoms with van der Waals surface area (Å²) < 4.78 is 11.4. The van der Waals surface area contributed by atoms with Gasteiger partial charge in [0.05, 0.1) is 22.4 Å². The molecule has 2 atom stereocenters. The Bertz CT molecular complexity index is 2240.